The van der Waals surface area contributed by atoms with Crippen LogP contribution in [0.1, 0.15) is 30.9 Å². The van der Waals surface area contributed by atoms with Gasteiger partial charge in [0, 0.05) is 5.92 Å². The van der Waals surface area contributed by atoms with Gasteiger partial charge in [-0.25, -0.2) is 0 Å². The minimum absolute atomic E-state index is 0. The van der Waals surface area contributed by atoms with E-state index in [0.29, 0.717) is 5.92 Å². The van der Waals surface area contributed by atoms with Crippen LogP contribution in [0, 0.1) is 20.9 Å². The van der Waals surface area contributed by atoms with Crippen LogP contribution in [-0.4, -0.2) is 0 Å². The van der Waals surface area contributed by atoms with Gasteiger partial charge in [0.05, 0.1) is 0 Å². The number of rotatable bonds is 1. The summed E-state index contributed by atoms with van der Waals surface area (Å²) in [6.07, 6.45) is 7.73. The standard InChI is InChI=1S/C18H13.CH4.2CH3.2ClH.Zr/c1-2-8-13(7-1)18-16-11-5-3-9-14(16)15-10-4-6-12-17(15)18;;;;;;/h1-7,9-11,18H,8H2;1H4;2*1H3;2*1H;/q-1;;2*-1;;;+2/p-2. The van der Waals surface area contributed by atoms with Gasteiger partial charge in [-0.05, 0) is 12.0 Å². The van der Waals surface area contributed by atoms with Crippen LogP contribution in [0.2, 0.25) is 0 Å². The molecule has 24 heavy (non-hydrogen) atoms. The molecule has 0 saturated heterocycles. The van der Waals surface area contributed by atoms with E-state index in [2.05, 4.69) is 60.7 Å². The summed E-state index contributed by atoms with van der Waals surface area (Å²) in [5, 5.41) is 0. The summed E-state index contributed by atoms with van der Waals surface area (Å²) < 4.78 is 0. The van der Waals surface area contributed by atoms with Crippen molar-refractivity contribution in [2.24, 2.45) is 0 Å². The van der Waals surface area contributed by atoms with Gasteiger partial charge >= 0.3 is 26.2 Å². The zero-order valence-electron chi connectivity index (χ0n) is 13.3. The Hall–Kier alpha value is -0.617. The summed E-state index contributed by atoms with van der Waals surface area (Å²) in [7, 11) is 0. The molecule has 0 heterocycles. The van der Waals surface area contributed by atoms with E-state index in [4.69, 9.17) is 0 Å². The number of hydrogen-bond donors (Lipinski definition) is 0. The Labute approximate surface area is 179 Å². The van der Waals surface area contributed by atoms with Crippen molar-refractivity contribution in [1.29, 1.82) is 0 Å². The summed E-state index contributed by atoms with van der Waals surface area (Å²) in [5.74, 6) is 0.410. The maximum atomic E-state index is 3.45. The van der Waals surface area contributed by atoms with E-state index in [1.165, 1.54) is 27.8 Å². The third kappa shape index (κ3) is 4.51. The number of hydrogen-bond acceptors (Lipinski definition) is 0. The Morgan fingerprint density at radius 1 is 0.917 bits per heavy atom. The monoisotopic (exact) mass is 435 g/mol. The fourth-order valence-corrected chi connectivity index (χ4v) is 3.14. The molecule has 0 spiro atoms. The van der Waals surface area contributed by atoms with Gasteiger partial charge in [-0.15, -0.1) is 11.1 Å². The van der Waals surface area contributed by atoms with Crippen molar-refractivity contribution in [3.05, 3.63) is 98.3 Å². The SMILES string of the molecule is C.[CH3-].[CH3-].[Cl-].[Cl-].[Zr+2].[c-]1cccc2c1C(C1=CC=CC1)c1ccccc1-2. The third-order valence-electron chi connectivity index (χ3n) is 3.91. The van der Waals surface area contributed by atoms with Gasteiger partial charge in [0.2, 0.25) is 0 Å². The second kappa shape index (κ2) is 11.9. The van der Waals surface area contributed by atoms with Gasteiger partial charge in [0.1, 0.15) is 0 Å². The fraction of sp³-hybridized carbons (Fsp3) is 0.143. The van der Waals surface area contributed by atoms with Crippen LogP contribution in [0.3, 0.4) is 0 Å². The number of fused-ring (bicyclic) bond motifs is 3. The van der Waals surface area contributed by atoms with Gasteiger partial charge in [-0.1, -0.05) is 61.1 Å². The molecule has 0 radical (unpaired) electrons. The van der Waals surface area contributed by atoms with Gasteiger partial charge in [-0.2, -0.15) is 24.3 Å². The van der Waals surface area contributed by atoms with Crippen molar-refractivity contribution in [2.45, 2.75) is 19.8 Å². The smallest absolute Gasteiger partial charge is 1.00 e. The molecule has 0 nitrogen and oxygen atoms in total. The Kier molecular flexibility index (Phi) is 13.9. The first-order valence-corrected chi connectivity index (χ1v) is 6.40. The average molecular weight is 438 g/mol. The molecule has 2 aliphatic rings. The molecule has 2 aromatic rings. The van der Waals surface area contributed by atoms with Crippen LogP contribution in [0.5, 0.6) is 0 Å². The molecule has 0 aliphatic heterocycles. The van der Waals surface area contributed by atoms with Crippen molar-refractivity contribution >= 4 is 0 Å². The van der Waals surface area contributed by atoms with Crippen molar-refractivity contribution in [1.82, 2.24) is 0 Å². The number of benzene rings is 2. The molecule has 0 amide bonds. The van der Waals surface area contributed by atoms with E-state index in [0.717, 1.165) is 6.42 Å². The van der Waals surface area contributed by atoms with Gasteiger partial charge in [-0.3, -0.25) is 0 Å². The predicted molar refractivity (Wildman–Crippen MR) is 94.0 cm³/mol. The van der Waals surface area contributed by atoms with Crippen molar-refractivity contribution in [3.8, 4) is 11.1 Å². The van der Waals surface area contributed by atoms with E-state index in [9.17, 15) is 0 Å². The van der Waals surface area contributed by atoms with Gasteiger partial charge in [0.15, 0.2) is 0 Å². The maximum Gasteiger partial charge on any atom is 2.00 e. The van der Waals surface area contributed by atoms with Crippen LogP contribution >= 0.6 is 0 Å². The summed E-state index contributed by atoms with van der Waals surface area (Å²) in [6, 6.07) is 18.5. The van der Waals surface area contributed by atoms with Crippen molar-refractivity contribution in [3.63, 3.8) is 0 Å². The summed E-state index contributed by atoms with van der Waals surface area (Å²) in [6.45, 7) is 0. The summed E-state index contributed by atoms with van der Waals surface area (Å²) in [5.41, 5.74) is 7.00. The number of halogens is 2. The van der Waals surface area contributed by atoms with E-state index in [1.807, 2.05) is 6.07 Å². The molecule has 3 heteroatoms. The van der Waals surface area contributed by atoms with E-state index >= 15 is 0 Å². The molecular weight excluding hydrogens is 414 g/mol. The zero-order chi connectivity index (χ0) is 11.9. The molecule has 2 aliphatic carbocycles. The molecule has 1 atom stereocenters. The second-order valence-electron chi connectivity index (χ2n) is 4.89. The Bertz CT molecular complexity index is 644. The normalized spacial score (nSPS) is 14.7. The topological polar surface area (TPSA) is 0 Å². The van der Waals surface area contributed by atoms with E-state index in [1.54, 1.807) is 0 Å². The first-order chi connectivity index (χ1) is 8.95. The average Bonchev–Trinajstić information content (AvgIpc) is 3.03. The Morgan fingerprint density at radius 3 is 2.25 bits per heavy atom. The largest absolute Gasteiger partial charge is 2.00 e. The minimum atomic E-state index is 0. The minimum Gasteiger partial charge on any atom is -1.00 e. The Morgan fingerprint density at radius 2 is 1.58 bits per heavy atom. The molecule has 128 valence electrons. The zero-order valence-corrected chi connectivity index (χ0v) is 17.3. The van der Waals surface area contributed by atoms with Crippen molar-refractivity contribution < 1.29 is 51.0 Å². The number of allylic oxidation sites excluding steroid dienone is 4. The Balaban J connectivity index is -0.000000735. The van der Waals surface area contributed by atoms with E-state index < -0.39 is 0 Å². The quantitative estimate of drug-likeness (QED) is 0.553. The third-order valence-corrected chi connectivity index (χ3v) is 3.91. The van der Waals surface area contributed by atoms with Crippen LogP contribution in [-0.2, 0) is 26.2 Å². The molecule has 2 aromatic carbocycles. The van der Waals surface area contributed by atoms with Gasteiger partial charge in [0.25, 0.3) is 0 Å². The van der Waals surface area contributed by atoms with Crippen LogP contribution in [0.25, 0.3) is 11.1 Å². The first-order valence-electron chi connectivity index (χ1n) is 6.40. The summed E-state index contributed by atoms with van der Waals surface area (Å²) in [4.78, 5) is 0. The van der Waals surface area contributed by atoms with Gasteiger partial charge < -0.3 is 39.7 Å². The fourth-order valence-electron chi connectivity index (χ4n) is 3.14. The molecule has 0 saturated carbocycles. The van der Waals surface area contributed by atoms with Crippen LogP contribution in [0.4, 0.5) is 0 Å². The molecule has 1 unspecified atom stereocenters. The first kappa shape index (κ1) is 28.2. The predicted octanol–water partition coefficient (Wildman–Crippen LogP) is 0.0276. The van der Waals surface area contributed by atoms with E-state index in [-0.39, 0.29) is 73.3 Å². The summed E-state index contributed by atoms with van der Waals surface area (Å²) >= 11 is 0. The molecule has 0 aromatic heterocycles. The molecule has 0 bridgehead atoms. The molecule has 0 fully saturated rings. The maximum absolute atomic E-state index is 3.45. The molecule has 0 N–H and O–H groups in total. The van der Waals surface area contributed by atoms with Crippen LogP contribution < -0.4 is 24.8 Å². The molecular formula is C21H23Cl2Zr-3. The van der Waals surface area contributed by atoms with Crippen LogP contribution in [0.15, 0.2) is 66.3 Å². The second-order valence-corrected chi connectivity index (χ2v) is 4.89. The van der Waals surface area contributed by atoms with Crippen molar-refractivity contribution in [2.75, 3.05) is 0 Å². The molecule has 4 rings (SSSR count).